The fourth-order valence-corrected chi connectivity index (χ4v) is 3.92. The highest BCUT2D eigenvalue weighted by Crippen LogP contribution is 2.34. The zero-order valence-electron chi connectivity index (χ0n) is 18.5. The van der Waals surface area contributed by atoms with Crippen LogP contribution in [-0.2, 0) is 6.61 Å². The van der Waals surface area contributed by atoms with Crippen molar-refractivity contribution in [2.45, 2.75) is 13.5 Å². The smallest absolute Gasteiger partial charge is 0.307 e. The van der Waals surface area contributed by atoms with Crippen LogP contribution in [0.3, 0.4) is 0 Å². The number of ether oxygens (including phenoxy) is 2. The van der Waals surface area contributed by atoms with Crippen LogP contribution in [0.25, 0.3) is 11.0 Å². The van der Waals surface area contributed by atoms with Gasteiger partial charge in [-0.1, -0.05) is 41.4 Å². The normalized spacial score (nSPS) is 10.9. The van der Waals surface area contributed by atoms with Crippen molar-refractivity contribution in [3.63, 3.8) is 0 Å². The number of carbonyl (C=O) groups excluding carboxylic acids is 1. The van der Waals surface area contributed by atoms with Crippen molar-refractivity contribution in [3.8, 4) is 17.6 Å². The van der Waals surface area contributed by atoms with Crippen LogP contribution in [0.2, 0.25) is 10.0 Å². The van der Waals surface area contributed by atoms with Gasteiger partial charge in [0.25, 0.3) is 0 Å². The van der Waals surface area contributed by atoms with Crippen LogP contribution < -0.4 is 14.9 Å². The van der Waals surface area contributed by atoms with E-state index in [4.69, 9.17) is 37.1 Å². The van der Waals surface area contributed by atoms with Crippen molar-refractivity contribution in [1.82, 2.24) is 5.43 Å². The number of nitriles is 1. The van der Waals surface area contributed by atoms with Gasteiger partial charge in [-0.05, 0) is 55.0 Å². The molecule has 4 aromatic rings. The molecular weight excluding hydrogens is 489 g/mol. The number of benzene rings is 3. The molecule has 0 aliphatic rings. The number of hydrazone groups is 1. The van der Waals surface area contributed by atoms with Gasteiger partial charge < -0.3 is 13.9 Å². The molecule has 4 rings (SSSR count). The summed E-state index contributed by atoms with van der Waals surface area (Å²) < 4.78 is 16.8. The molecule has 176 valence electrons. The Labute approximate surface area is 211 Å². The predicted molar refractivity (Wildman–Crippen MR) is 134 cm³/mol. The summed E-state index contributed by atoms with van der Waals surface area (Å²) in [6, 6.07) is 19.4. The van der Waals surface area contributed by atoms with Crippen molar-refractivity contribution in [1.29, 1.82) is 5.26 Å². The van der Waals surface area contributed by atoms with Crippen LogP contribution in [0.4, 0.5) is 0 Å². The summed E-state index contributed by atoms with van der Waals surface area (Å²) in [6.45, 7) is 2.57. The van der Waals surface area contributed by atoms with Crippen LogP contribution in [-0.4, -0.2) is 18.7 Å². The minimum absolute atomic E-state index is 0.114. The number of furan rings is 1. The lowest BCUT2D eigenvalue weighted by atomic mass is 10.1. The molecule has 0 aliphatic carbocycles. The monoisotopic (exact) mass is 507 g/mol. The standard InChI is InChI=1S/C26H19Cl2N3O4/c1-2-33-20-7-8-23-19(11-20)12-24(35-23)26(32)31-30-14-16-9-21(27)25(22(28)10-16)34-15-18-6-4-3-5-17(18)13-29/h3-12,14H,2,15H2,1H3,(H,31,32)/b30-14+. The maximum absolute atomic E-state index is 12.4. The Morgan fingerprint density at radius 3 is 2.63 bits per heavy atom. The average Bonchev–Trinajstić information content (AvgIpc) is 3.27. The van der Waals surface area contributed by atoms with E-state index < -0.39 is 5.91 Å². The molecule has 0 atom stereocenters. The quantitative estimate of drug-likeness (QED) is 0.221. The zero-order chi connectivity index (χ0) is 24.8. The van der Waals surface area contributed by atoms with Crippen molar-refractivity contribution in [2.24, 2.45) is 5.10 Å². The largest absolute Gasteiger partial charge is 0.494 e. The lowest BCUT2D eigenvalue weighted by molar-refractivity contribution is 0.0929. The Morgan fingerprint density at radius 2 is 1.89 bits per heavy atom. The van der Waals surface area contributed by atoms with Crippen molar-refractivity contribution in [3.05, 3.63) is 93.2 Å². The van der Waals surface area contributed by atoms with Crippen LogP contribution in [0.15, 0.2) is 70.2 Å². The van der Waals surface area contributed by atoms with Crippen LogP contribution >= 0.6 is 23.2 Å². The van der Waals surface area contributed by atoms with E-state index in [1.54, 1.807) is 54.6 Å². The van der Waals surface area contributed by atoms with Crippen molar-refractivity contribution < 1.29 is 18.7 Å². The van der Waals surface area contributed by atoms with E-state index in [0.717, 1.165) is 10.9 Å². The van der Waals surface area contributed by atoms with Crippen LogP contribution in [0.5, 0.6) is 11.5 Å². The molecular formula is C26H19Cl2N3O4. The van der Waals surface area contributed by atoms with Crippen LogP contribution in [0, 0.1) is 11.3 Å². The molecule has 0 aliphatic heterocycles. The summed E-state index contributed by atoms with van der Waals surface area (Å²) in [6.07, 6.45) is 1.40. The SMILES string of the molecule is CCOc1ccc2oc(C(=O)N/N=C/c3cc(Cl)c(OCc4ccccc4C#N)c(Cl)c3)cc2c1. The summed E-state index contributed by atoms with van der Waals surface area (Å²) in [5.41, 5.74) is 4.76. The van der Waals surface area contributed by atoms with Gasteiger partial charge in [0.1, 0.15) is 17.9 Å². The fourth-order valence-electron chi connectivity index (χ4n) is 3.31. The molecule has 1 N–H and O–H groups in total. The molecule has 1 amide bonds. The van der Waals surface area contributed by atoms with Gasteiger partial charge in [-0.25, -0.2) is 5.43 Å². The molecule has 7 nitrogen and oxygen atoms in total. The number of fused-ring (bicyclic) bond motifs is 1. The molecule has 0 radical (unpaired) electrons. The van der Waals surface area contributed by atoms with Gasteiger partial charge in [0.2, 0.25) is 0 Å². The number of amides is 1. The van der Waals surface area contributed by atoms with E-state index in [0.29, 0.717) is 29.1 Å². The van der Waals surface area contributed by atoms with E-state index in [2.05, 4.69) is 16.6 Å². The first-order chi connectivity index (χ1) is 17.0. The van der Waals surface area contributed by atoms with Crippen molar-refractivity contribution in [2.75, 3.05) is 6.61 Å². The summed E-state index contributed by atoms with van der Waals surface area (Å²) in [5.74, 6) is 0.587. The second kappa shape index (κ2) is 11.0. The first kappa shape index (κ1) is 24.1. The maximum Gasteiger partial charge on any atom is 0.307 e. The highest BCUT2D eigenvalue weighted by atomic mass is 35.5. The Balaban J connectivity index is 1.41. The summed E-state index contributed by atoms with van der Waals surface area (Å²) >= 11 is 12.7. The lowest BCUT2D eigenvalue weighted by Gasteiger charge is -2.11. The van der Waals surface area contributed by atoms with E-state index in [1.165, 1.54) is 6.21 Å². The minimum atomic E-state index is -0.510. The topological polar surface area (TPSA) is 96.8 Å². The van der Waals surface area contributed by atoms with Gasteiger partial charge in [-0.15, -0.1) is 0 Å². The Morgan fingerprint density at radius 1 is 1.11 bits per heavy atom. The molecule has 35 heavy (non-hydrogen) atoms. The molecule has 1 heterocycles. The predicted octanol–water partition coefficient (Wildman–Crippen LogP) is 6.35. The number of halogens is 2. The summed E-state index contributed by atoms with van der Waals surface area (Å²) in [4.78, 5) is 12.4. The highest BCUT2D eigenvalue weighted by Gasteiger charge is 2.13. The third-order valence-corrected chi connectivity index (χ3v) is 5.49. The van der Waals surface area contributed by atoms with Gasteiger partial charge >= 0.3 is 5.91 Å². The number of rotatable bonds is 8. The van der Waals surface area contributed by atoms with E-state index in [1.807, 2.05) is 13.0 Å². The molecule has 0 spiro atoms. The molecule has 0 unspecified atom stereocenters. The van der Waals surface area contributed by atoms with Gasteiger partial charge in [0, 0.05) is 10.9 Å². The molecule has 1 aromatic heterocycles. The third kappa shape index (κ3) is 5.75. The second-order valence-electron chi connectivity index (χ2n) is 7.31. The molecule has 0 fully saturated rings. The number of carbonyl (C=O) groups is 1. The fraction of sp³-hybridized carbons (Fsp3) is 0.115. The van der Waals surface area contributed by atoms with Gasteiger partial charge in [-0.2, -0.15) is 10.4 Å². The average molecular weight is 508 g/mol. The van der Waals surface area contributed by atoms with Crippen molar-refractivity contribution >= 4 is 46.3 Å². The van der Waals surface area contributed by atoms with Gasteiger partial charge in [0.05, 0.1) is 34.5 Å². The van der Waals surface area contributed by atoms with E-state index >= 15 is 0 Å². The van der Waals surface area contributed by atoms with E-state index in [-0.39, 0.29) is 28.2 Å². The minimum Gasteiger partial charge on any atom is -0.494 e. The number of hydrogen-bond donors (Lipinski definition) is 1. The zero-order valence-corrected chi connectivity index (χ0v) is 20.1. The highest BCUT2D eigenvalue weighted by molar-refractivity contribution is 6.37. The molecule has 3 aromatic carbocycles. The number of hydrogen-bond acceptors (Lipinski definition) is 6. The first-order valence-electron chi connectivity index (χ1n) is 10.6. The summed E-state index contributed by atoms with van der Waals surface area (Å²) in [7, 11) is 0. The molecule has 0 saturated carbocycles. The Hall–Kier alpha value is -3.99. The molecule has 0 saturated heterocycles. The maximum atomic E-state index is 12.4. The number of nitrogens with zero attached hydrogens (tertiary/aromatic N) is 2. The molecule has 9 heteroatoms. The Kier molecular flexibility index (Phi) is 7.56. The first-order valence-corrected chi connectivity index (χ1v) is 11.3. The third-order valence-electron chi connectivity index (χ3n) is 4.93. The van der Waals surface area contributed by atoms with Gasteiger partial charge in [0.15, 0.2) is 11.5 Å². The second-order valence-corrected chi connectivity index (χ2v) is 8.13. The number of nitrogens with one attached hydrogen (secondary N) is 1. The Bertz CT molecular complexity index is 1430. The van der Waals surface area contributed by atoms with E-state index in [9.17, 15) is 10.1 Å². The van der Waals surface area contributed by atoms with Gasteiger partial charge in [-0.3, -0.25) is 4.79 Å². The summed E-state index contributed by atoms with van der Waals surface area (Å²) in [5, 5.41) is 14.4. The lowest BCUT2D eigenvalue weighted by Crippen LogP contribution is -2.16. The molecule has 0 bridgehead atoms. The van der Waals surface area contributed by atoms with Crippen LogP contribution in [0.1, 0.15) is 34.2 Å².